The van der Waals surface area contributed by atoms with Gasteiger partial charge < -0.3 is 9.84 Å². The van der Waals surface area contributed by atoms with Crippen molar-refractivity contribution in [2.45, 2.75) is 26.7 Å². The van der Waals surface area contributed by atoms with Crippen LogP contribution in [0.5, 0.6) is 11.5 Å². The van der Waals surface area contributed by atoms with E-state index in [2.05, 4.69) is 0 Å². The highest BCUT2D eigenvalue weighted by Gasteiger charge is 2.22. The molecule has 0 amide bonds. The maximum Gasteiger partial charge on any atom is 0.308 e. The van der Waals surface area contributed by atoms with Crippen LogP contribution in [0.15, 0.2) is 10.2 Å². The predicted molar refractivity (Wildman–Crippen MR) is 74.1 cm³/mol. The number of ether oxygens (including phenoxy) is 1. The van der Waals surface area contributed by atoms with Crippen molar-refractivity contribution < 1.29 is 14.6 Å². The Bertz CT molecular complexity index is 711. The molecule has 0 atom stereocenters. The van der Waals surface area contributed by atoms with Crippen molar-refractivity contribution >= 4 is 27.5 Å². The summed E-state index contributed by atoms with van der Waals surface area (Å²) in [6, 6.07) is 0. The number of nitrogens with zero attached hydrogens (tertiary/aromatic N) is 1. The summed E-state index contributed by atoms with van der Waals surface area (Å²) in [6.45, 7) is 5.19. The summed E-state index contributed by atoms with van der Waals surface area (Å²) in [5, 5.41) is 12.7. The van der Waals surface area contributed by atoms with E-state index in [0.29, 0.717) is 10.2 Å². The Labute approximate surface area is 114 Å². The second-order valence-corrected chi connectivity index (χ2v) is 5.52. The molecule has 0 aromatic carbocycles. The molecule has 0 saturated carbocycles. The molecular weight excluding hydrogens is 266 g/mol. The molecule has 0 bridgehead atoms. The van der Waals surface area contributed by atoms with Crippen LogP contribution in [0.1, 0.15) is 32.3 Å². The smallest absolute Gasteiger partial charge is 0.308 e. The van der Waals surface area contributed by atoms with Crippen LogP contribution in [-0.2, 0) is 11.8 Å². The number of aromatic nitrogens is 1. The summed E-state index contributed by atoms with van der Waals surface area (Å²) in [6.07, 6.45) is 0. The molecule has 0 aliphatic rings. The molecule has 6 heteroatoms. The van der Waals surface area contributed by atoms with Crippen LogP contribution >= 0.6 is 11.3 Å². The van der Waals surface area contributed by atoms with Gasteiger partial charge in [-0.3, -0.25) is 14.2 Å². The van der Waals surface area contributed by atoms with Gasteiger partial charge in [0, 0.05) is 14.0 Å². The van der Waals surface area contributed by atoms with Crippen LogP contribution in [0.4, 0.5) is 0 Å². The topological polar surface area (TPSA) is 68.5 Å². The highest BCUT2D eigenvalue weighted by Crippen LogP contribution is 2.39. The first kappa shape index (κ1) is 13.6. The quantitative estimate of drug-likeness (QED) is 0.858. The molecule has 2 aromatic heterocycles. The van der Waals surface area contributed by atoms with Gasteiger partial charge in [0.1, 0.15) is 4.83 Å². The fourth-order valence-electron chi connectivity index (χ4n) is 1.97. The molecule has 2 heterocycles. The van der Waals surface area contributed by atoms with E-state index < -0.39 is 11.5 Å². The SMILES string of the molecule is CC(=O)Oc1c(O)c2c(C(C)C)csc2n(C)c1=O. The van der Waals surface area contributed by atoms with Crippen molar-refractivity contribution in [3.8, 4) is 11.5 Å². The first-order valence-electron chi connectivity index (χ1n) is 5.86. The largest absolute Gasteiger partial charge is 0.504 e. The molecule has 102 valence electrons. The van der Waals surface area contributed by atoms with Crippen molar-refractivity contribution in [2.24, 2.45) is 7.05 Å². The van der Waals surface area contributed by atoms with Crippen molar-refractivity contribution in [1.82, 2.24) is 4.57 Å². The third kappa shape index (κ3) is 2.12. The van der Waals surface area contributed by atoms with Gasteiger partial charge in [0.2, 0.25) is 5.75 Å². The van der Waals surface area contributed by atoms with Gasteiger partial charge >= 0.3 is 5.97 Å². The molecule has 5 nitrogen and oxygen atoms in total. The van der Waals surface area contributed by atoms with Crippen molar-refractivity contribution in [3.63, 3.8) is 0 Å². The summed E-state index contributed by atoms with van der Waals surface area (Å²) in [5.41, 5.74) is 0.416. The Balaban J connectivity index is 2.88. The number of aryl methyl sites for hydroxylation is 1. The third-order valence-corrected chi connectivity index (χ3v) is 4.00. The zero-order chi connectivity index (χ0) is 14.3. The van der Waals surface area contributed by atoms with Crippen molar-refractivity contribution in [3.05, 3.63) is 21.3 Å². The monoisotopic (exact) mass is 281 g/mol. The van der Waals surface area contributed by atoms with E-state index in [9.17, 15) is 14.7 Å². The fraction of sp³-hybridized carbons (Fsp3) is 0.385. The van der Waals surface area contributed by atoms with Gasteiger partial charge in [-0.1, -0.05) is 13.8 Å². The van der Waals surface area contributed by atoms with E-state index in [0.717, 1.165) is 5.56 Å². The average molecular weight is 281 g/mol. The van der Waals surface area contributed by atoms with Gasteiger partial charge in [-0.25, -0.2) is 0 Å². The lowest BCUT2D eigenvalue weighted by atomic mass is 10.0. The first-order chi connectivity index (χ1) is 8.84. The standard InChI is InChI=1S/C13H15NO4S/c1-6(2)8-5-19-13-9(8)10(16)11(18-7(3)15)12(17)14(13)4/h5-6,16H,1-4H3. The molecule has 2 rings (SSSR count). The van der Waals surface area contributed by atoms with Crippen molar-refractivity contribution in [1.29, 1.82) is 0 Å². The summed E-state index contributed by atoms with van der Waals surface area (Å²) in [7, 11) is 1.59. The number of rotatable bonds is 2. The summed E-state index contributed by atoms with van der Waals surface area (Å²) in [5.74, 6) is -0.989. The maximum atomic E-state index is 12.1. The molecule has 0 unspecified atom stereocenters. The molecule has 0 saturated heterocycles. The first-order valence-corrected chi connectivity index (χ1v) is 6.74. The van der Waals surface area contributed by atoms with Gasteiger partial charge in [-0.2, -0.15) is 0 Å². The normalized spacial score (nSPS) is 11.2. The Morgan fingerprint density at radius 2 is 2.11 bits per heavy atom. The van der Waals surface area contributed by atoms with Gasteiger partial charge in [-0.05, 0) is 16.9 Å². The fourth-order valence-corrected chi connectivity index (χ4v) is 3.17. The minimum absolute atomic E-state index is 0.197. The number of aromatic hydroxyl groups is 1. The van der Waals surface area contributed by atoms with E-state index in [1.54, 1.807) is 7.05 Å². The Morgan fingerprint density at radius 3 is 2.63 bits per heavy atom. The van der Waals surface area contributed by atoms with E-state index in [-0.39, 0.29) is 17.4 Å². The molecule has 2 aromatic rings. The zero-order valence-electron chi connectivity index (χ0n) is 11.2. The van der Waals surface area contributed by atoms with Crippen LogP contribution in [0.3, 0.4) is 0 Å². The highest BCUT2D eigenvalue weighted by molar-refractivity contribution is 7.17. The molecule has 1 N–H and O–H groups in total. The van der Waals surface area contributed by atoms with Gasteiger partial charge in [-0.15, -0.1) is 11.3 Å². The van der Waals surface area contributed by atoms with E-state index >= 15 is 0 Å². The van der Waals surface area contributed by atoms with Gasteiger partial charge in [0.15, 0.2) is 5.75 Å². The molecule has 0 aliphatic carbocycles. The number of fused-ring (bicyclic) bond motifs is 1. The molecule has 0 radical (unpaired) electrons. The van der Waals surface area contributed by atoms with E-state index in [4.69, 9.17) is 4.74 Å². The molecule has 0 fully saturated rings. The molecule has 0 spiro atoms. The lowest BCUT2D eigenvalue weighted by Gasteiger charge is -2.10. The predicted octanol–water partition coefficient (Wildman–Crippen LogP) is 2.35. The number of thiophene rings is 1. The minimum atomic E-state index is -0.631. The minimum Gasteiger partial charge on any atom is -0.504 e. The maximum absolute atomic E-state index is 12.1. The highest BCUT2D eigenvalue weighted by atomic mass is 32.1. The second-order valence-electron chi connectivity index (χ2n) is 4.66. The lowest BCUT2D eigenvalue weighted by Crippen LogP contribution is -2.20. The summed E-state index contributed by atoms with van der Waals surface area (Å²) in [4.78, 5) is 23.8. The van der Waals surface area contributed by atoms with Crippen LogP contribution in [0.2, 0.25) is 0 Å². The molecular formula is C13H15NO4S. The van der Waals surface area contributed by atoms with Crippen LogP contribution < -0.4 is 10.3 Å². The van der Waals surface area contributed by atoms with E-state index in [1.807, 2.05) is 19.2 Å². The third-order valence-electron chi connectivity index (χ3n) is 2.92. The number of hydrogen-bond acceptors (Lipinski definition) is 5. The molecule has 0 aliphatic heterocycles. The average Bonchev–Trinajstić information content (AvgIpc) is 2.76. The van der Waals surface area contributed by atoms with Gasteiger partial charge in [0.25, 0.3) is 5.56 Å². The summed E-state index contributed by atoms with van der Waals surface area (Å²) < 4.78 is 6.24. The number of pyridine rings is 1. The number of hydrogen-bond donors (Lipinski definition) is 1. The van der Waals surface area contributed by atoms with Crippen LogP contribution in [-0.4, -0.2) is 15.6 Å². The Kier molecular flexibility index (Phi) is 3.36. The van der Waals surface area contributed by atoms with Crippen molar-refractivity contribution in [2.75, 3.05) is 0 Å². The number of esters is 1. The number of carbonyl (C=O) groups is 1. The van der Waals surface area contributed by atoms with Crippen LogP contribution in [0, 0.1) is 0 Å². The second kappa shape index (κ2) is 4.70. The van der Waals surface area contributed by atoms with Crippen LogP contribution in [0.25, 0.3) is 10.2 Å². The summed E-state index contributed by atoms with van der Waals surface area (Å²) >= 11 is 1.39. The Morgan fingerprint density at radius 1 is 1.47 bits per heavy atom. The van der Waals surface area contributed by atoms with E-state index in [1.165, 1.54) is 22.8 Å². The lowest BCUT2D eigenvalue weighted by molar-refractivity contribution is -0.132. The van der Waals surface area contributed by atoms with Gasteiger partial charge in [0.05, 0.1) is 5.39 Å². The molecule has 19 heavy (non-hydrogen) atoms. The number of carbonyl (C=O) groups excluding carboxylic acids is 1. The Hall–Kier alpha value is -1.82. The zero-order valence-corrected chi connectivity index (χ0v) is 12.0.